The molecule has 0 N–H and O–H groups in total. The van der Waals surface area contributed by atoms with Crippen LogP contribution in [-0.4, -0.2) is 32.2 Å². The molecule has 15 heavy (non-hydrogen) atoms. The summed E-state index contributed by atoms with van der Waals surface area (Å²) in [6.07, 6.45) is -3.63. The van der Waals surface area contributed by atoms with E-state index in [1.54, 1.807) is 0 Å². The third-order valence-electron chi connectivity index (χ3n) is 1.73. The molecule has 1 rings (SSSR count). The zero-order valence-electron chi connectivity index (χ0n) is 8.34. The van der Waals surface area contributed by atoms with Crippen LogP contribution < -0.4 is 0 Å². The van der Waals surface area contributed by atoms with Crippen LogP contribution >= 0.6 is 0 Å². The topological polar surface area (TPSA) is 43.2 Å². The van der Waals surface area contributed by atoms with Gasteiger partial charge in [0.2, 0.25) is 0 Å². The van der Waals surface area contributed by atoms with Crippen molar-refractivity contribution in [3.63, 3.8) is 0 Å². The van der Waals surface area contributed by atoms with E-state index in [0.717, 1.165) is 6.08 Å². The summed E-state index contributed by atoms with van der Waals surface area (Å²) in [6, 6.07) is 0. The van der Waals surface area contributed by atoms with Crippen molar-refractivity contribution in [2.45, 2.75) is 18.8 Å². The Morgan fingerprint density at radius 2 is 2.07 bits per heavy atom. The minimum atomic E-state index is -4.48. The number of azo groups is 1. The number of methoxy groups -OCH3 is 1. The Balaban J connectivity index is 2.60. The Morgan fingerprint density at radius 3 is 2.53 bits per heavy atom. The van der Waals surface area contributed by atoms with Crippen molar-refractivity contribution in [1.82, 2.24) is 0 Å². The number of hydrogen-bond acceptors (Lipinski definition) is 4. The summed E-state index contributed by atoms with van der Waals surface area (Å²) in [6.45, 7) is 1.86. The number of nitrogens with zero attached hydrogens (tertiary/aromatic N) is 2. The third kappa shape index (κ3) is 3.28. The normalized spacial score (nSPS) is 25.8. The second-order valence-corrected chi connectivity index (χ2v) is 3.12. The van der Waals surface area contributed by atoms with Crippen LogP contribution in [-0.2, 0) is 9.47 Å². The van der Waals surface area contributed by atoms with Crippen molar-refractivity contribution >= 4 is 0 Å². The third-order valence-corrected chi connectivity index (χ3v) is 1.73. The molecule has 86 valence electrons. The van der Waals surface area contributed by atoms with Gasteiger partial charge in [0, 0.05) is 13.2 Å². The van der Waals surface area contributed by atoms with Crippen molar-refractivity contribution in [2.24, 2.45) is 10.2 Å². The van der Waals surface area contributed by atoms with Crippen LogP contribution in [0.2, 0.25) is 0 Å². The van der Waals surface area contributed by atoms with E-state index in [1.807, 2.05) is 0 Å². The first-order chi connectivity index (χ1) is 6.87. The van der Waals surface area contributed by atoms with E-state index >= 15 is 0 Å². The molecule has 0 saturated carbocycles. The fourth-order valence-corrected chi connectivity index (χ4v) is 1.01. The van der Waals surface area contributed by atoms with Gasteiger partial charge < -0.3 is 9.47 Å². The first kappa shape index (κ1) is 12.1. The quantitative estimate of drug-likeness (QED) is 0.687. The van der Waals surface area contributed by atoms with Crippen LogP contribution in [0, 0.1) is 0 Å². The summed E-state index contributed by atoms with van der Waals surface area (Å²) in [7, 11) is 1.47. The van der Waals surface area contributed by atoms with Crippen LogP contribution in [0.4, 0.5) is 13.2 Å². The van der Waals surface area contributed by atoms with Gasteiger partial charge in [0.15, 0.2) is 11.4 Å². The molecule has 1 aliphatic heterocycles. The summed E-state index contributed by atoms with van der Waals surface area (Å²) < 4.78 is 46.4. The maximum absolute atomic E-state index is 12.2. The summed E-state index contributed by atoms with van der Waals surface area (Å²) in [5.74, 6) is 0. The van der Waals surface area contributed by atoms with Gasteiger partial charge in [0.25, 0.3) is 0 Å². The van der Waals surface area contributed by atoms with Gasteiger partial charge in [-0.3, -0.25) is 0 Å². The van der Waals surface area contributed by atoms with E-state index in [4.69, 9.17) is 9.47 Å². The van der Waals surface area contributed by atoms with Gasteiger partial charge in [-0.25, -0.2) is 0 Å². The van der Waals surface area contributed by atoms with E-state index in [1.165, 1.54) is 14.0 Å². The van der Waals surface area contributed by atoms with E-state index in [-0.39, 0.29) is 6.61 Å². The molecule has 1 unspecified atom stereocenters. The number of hydrogen-bond donors (Lipinski definition) is 0. The van der Waals surface area contributed by atoms with Gasteiger partial charge in [-0.05, 0) is 6.92 Å². The molecule has 0 spiro atoms. The smallest absolute Gasteiger partial charge is 0.382 e. The molecule has 0 aromatic carbocycles. The molecule has 7 heteroatoms. The zero-order chi connectivity index (χ0) is 11.5. The lowest BCUT2D eigenvalue weighted by Gasteiger charge is -2.16. The van der Waals surface area contributed by atoms with Crippen molar-refractivity contribution in [3.8, 4) is 0 Å². The first-order valence-electron chi connectivity index (χ1n) is 4.23. The second-order valence-electron chi connectivity index (χ2n) is 3.12. The van der Waals surface area contributed by atoms with Gasteiger partial charge in [0.05, 0.1) is 13.2 Å². The first-order valence-corrected chi connectivity index (χ1v) is 4.23. The lowest BCUT2D eigenvalue weighted by molar-refractivity contribution is -0.0929. The van der Waals surface area contributed by atoms with Crippen LogP contribution in [0.1, 0.15) is 6.92 Å². The Hall–Kier alpha value is -0.950. The second kappa shape index (κ2) is 4.28. The van der Waals surface area contributed by atoms with Gasteiger partial charge in [-0.1, -0.05) is 0 Å². The minimum absolute atomic E-state index is 0.160. The monoisotopic (exact) mass is 224 g/mol. The van der Waals surface area contributed by atoms with Crippen molar-refractivity contribution in [1.29, 1.82) is 0 Å². The van der Waals surface area contributed by atoms with Gasteiger partial charge in [-0.2, -0.15) is 13.2 Å². The number of alkyl halides is 3. The number of ether oxygens (including phenoxy) is 2. The molecule has 0 radical (unpaired) electrons. The molecular weight excluding hydrogens is 213 g/mol. The fourth-order valence-electron chi connectivity index (χ4n) is 1.01. The van der Waals surface area contributed by atoms with E-state index in [9.17, 15) is 13.2 Å². The molecule has 0 saturated heterocycles. The van der Waals surface area contributed by atoms with Gasteiger partial charge >= 0.3 is 6.18 Å². The van der Waals surface area contributed by atoms with Crippen molar-refractivity contribution in [2.75, 3.05) is 20.3 Å². The summed E-state index contributed by atoms with van der Waals surface area (Å²) in [5, 5.41) is 6.46. The van der Waals surface area contributed by atoms with Gasteiger partial charge in [-0.15, -0.1) is 10.2 Å². The maximum atomic E-state index is 12.2. The molecule has 0 bridgehead atoms. The zero-order valence-corrected chi connectivity index (χ0v) is 8.34. The predicted molar refractivity (Wildman–Crippen MR) is 45.2 cm³/mol. The maximum Gasteiger partial charge on any atom is 0.435 e. The van der Waals surface area contributed by atoms with Crippen LogP contribution in [0.15, 0.2) is 22.0 Å². The molecular formula is C8H11F3N2O2. The SMILES string of the molecule is COCCOC1(C)C=C(C(F)(F)F)N=N1. The minimum Gasteiger partial charge on any atom is -0.382 e. The molecule has 0 aliphatic carbocycles. The average Bonchev–Trinajstić information content (AvgIpc) is 2.48. The molecule has 0 amide bonds. The predicted octanol–water partition coefficient (Wildman–Crippen LogP) is 2.28. The largest absolute Gasteiger partial charge is 0.435 e. The summed E-state index contributed by atoms with van der Waals surface area (Å²) >= 11 is 0. The highest BCUT2D eigenvalue weighted by Gasteiger charge is 2.41. The van der Waals surface area contributed by atoms with E-state index in [2.05, 4.69) is 10.2 Å². The molecule has 4 nitrogen and oxygen atoms in total. The Morgan fingerprint density at radius 1 is 1.40 bits per heavy atom. The van der Waals surface area contributed by atoms with E-state index in [0.29, 0.717) is 6.61 Å². The van der Waals surface area contributed by atoms with Crippen LogP contribution in [0.3, 0.4) is 0 Å². The fraction of sp³-hybridized carbons (Fsp3) is 0.750. The molecule has 1 atom stereocenters. The number of halogens is 3. The Kier molecular flexibility index (Phi) is 3.46. The molecule has 0 aromatic rings. The van der Waals surface area contributed by atoms with E-state index < -0.39 is 17.6 Å². The van der Waals surface area contributed by atoms with Crippen molar-refractivity contribution in [3.05, 3.63) is 11.8 Å². The molecule has 1 aliphatic rings. The molecule has 0 fully saturated rings. The lowest BCUT2D eigenvalue weighted by Crippen LogP contribution is -2.24. The molecule has 0 aromatic heterocycles. The summed E-state index contributed by atoms with van der Waals surface area (Å²) in [5.41, 5.74) is -2.36. The molecule has 1 heterocycles. The number of rotatable bonds is 4. The Labute approximate surface area is 84.8 Å². The lowest BCUT2D eigenvalue weighted by atomic mass is 10.2. The Bertz CT molecular complexity index is 288. The summed E-state index contributed by atoms with van der Waals surface area (Å²) in [4.78, 5) is 0. The van der Waals surface area contributed by atoms with Crippen LogP contribution in [0.25, 0.3) is 0 Å². The van der Waals surface area contributed by atoms with Gasteiger partial charge in [0.1, 0.15) is 0 Å². The number of allylic oxidation sites excluding steroid dienone is 1. The van der Waals surface area contributed by atoms with Crippen molar-refractivity contribution < 1.29 is 22.6 Å². The van der Waals surface area contributed by atoms with Crippen LogP contribution in [0.5, 0.6) is 0 Å². The highest BCUT2D eigenvalue weighted by Crippen LogP contribution is 2.35. The highest BCUT2D eigenvalue weighted by atomic mass is 19.4. The standard InChI is InChI=1S/C8H11F3N2O2/c1-7(15-4-3-14-2)5-6(12-13-7)8(9,10)11/h5H,3-4H2,1-2H3. The average molecular weight is 224 g/mol. The highest BCUT2D eigenvalue weighted by molar-refractivity contribution is 5.17.